The summed E-state index contributed by atoms with van der Waals surface area (Å²) in [7, 11) is 1.63. The van der Waals surface area contributed by atoms with E-state index in [1.807, 2.05) is 6.92 Å². The number of hydrogen-bond donors (Lipinski definition) is 2. The van der Waals surface area contributed by atoms with Crippen LogP contribution in [0.15, 0.2) is 0 Å². The zero-order valence-electron chi connectivity index (χ0n) is 11.8. The number of rotatable bonds is 6. The molecule has 3 unspecified atom stereocenters. The van der Waals surface area contributed by atoms with Crippen LogP contribution in [-0.4, -0.2) is 56.2 Å². The van der Waals surface area contributed by atoms with Gasteiger partial charge in [0.2, 0.25) is 5.91 Å². The van der Waals surface area contributed by atoms with Gasteiger partial charge in [-0.25, -0.2) is 0 Å². The Labute approximate surface area is 110 Å². The van der Waals surface area contributed by atoms with Crippen molar-refractivity contribution >= 4 is 5.91 Å². The summed E-state index contributed by atoms with van der Waals surface area (Å²) in [4.78, 5) is 14.3. The highest BCUT2D eigenvalue weighted by Crippen LogP contribution is 2.23. The van der Waals surface area contributed by atoms with Crippen molar-refractivity contribution in [1.82, 2.24) is 10.2 Å². The molecule has 1 fully saturated rings. The first-order valence-electron chi connectivity index (χ1n) is 6.82. The Morgan fingerprint density at radius 1 is 1.56 bits per heavy atom. The molecular formula is C13H27N3O2. The second-order valence-electron chi connectivity index (χ2n) is 5.18. The maximum atomic E-state index is 12.0. The molecule has 1 saturated heterocycles. The molecule has 5 heteroatoms. The zero-order valence-corrected chi connectivity index (χ0v) is 11.8. The van der Waals surface area contributed by atoms with Crippen LogP contribution < -0.4 is 11.1 Å². The van der Waals surface area contributed by atoms with Crippen LogP contribution >= 0.6 is 0 Å². The first-order valence-corrected chi connectivity index (χ1v) is 6.82. The SMILES string of the molecule is COCCNC(=O)C(C)N1CC(CN)CCC1C. The highest BCUT2D eigenvalue weighted by molar-refractivity contribution is 5.81. The highest BCUT2D eigenvalue weighted by atomic mass is 16.5. The lowest BCUT2D eigenvalue weighted by molar-refractivity contribution is -0.127. The molecule has 0 spiro atoms. The molecule has 1 aliphatic heterocycles. The number of hydrogen-bond acceptors (Lipinski definition) is 4. The van der Waals surface area contributed by atoms with Gasteiger partial charge in [0.15, 0.2) is 0 Å². The van der Waals surface area contributed by atoms with Crippen LogP contribution in [0.3, 0.4) is 0 Å². The van der Waals surface area contributed by atoms with Gasteiger partial charge in [0.25, 0.3) is 0 Å². The molecule has 0 radical (unpaired) electrons. The number of nitrogens with two attached hydrogens (primary N) is 1. The largest absolute Gasteiger partial charge is 0.383 e. The minimum Gasteiger partial charge on any atom is -0.383 e. The monoisotopic (exact) mass is 257 g/mol. The Balaban J connectivity index is 2.47. The van der Waals surface area contributed by atoms with Crippen molar-refractivity contribution in [2.45, 2.75) is 38.8 Å². The van der Waals surface area contributed by atoms with E-state index in [1.54, 1.807) is 7.11 Å². The smallest absolute Gasteiger partial charge is 0.237 e. The quantitative estimate of drug-likeness (QED) is 0.667. The third-order valence-corrected chi connectivity index (χ3v) is 3.84. The standard InChI is InChI=1S/C13H27N3O2/c1-10-4-5-12(8-14)9-16(10)11(2)13(17)15-6-7-18-3/h10-12H,4-9,14H2,1-3H3,(H,15,17). The molecule has 3 atom stereocenters. The van der Waals surface area contributed by atoms with Crippen molar-refractivity contribution in [3.63, 3.8) is 0 Å². The van der Waals surface area contributed by atoms with E-state index < -0.39 is 0 Å². The van der Waals surface area contributed by atoms with E-state index in [0.717, 1.165) is 13.0 Å². The number of nitrogens with zero attached hydrogens (tertiary/aromatic N) is 1. The summed E-state index contributed by atoms with van der Waals surface area (Å²) in [5.74, 6) is 0.604. The van der Waals surface area contributed by atoms with Crippen molar-refractivity contribution in [2.24, 2.45) is 11.7 Å². The van der Waals surface area contributed by atoms with Crippen LogP contribution in [0.2, 0.25) is 0 Å². The number of ether oxygens (including phenoxy) is 1. The fourth-order valence-electron chi connectivity index (χ4n) is 2.52. The summed E-state index contributed by atoms with van der Waals surface area (Å²) in [6.07, 6.45) is 2.30. The zero-order chi connectivity index (χ0) is 13.5. The summed E-state index contributed by atoms with van der Waals surface area (Å²) in [6, 6.07) is 0.363. The van der Waals surface area contributed by atoms with E-state index >= 15 is 0 Å². The van der Waals surface area contributed by atoms with E-state index in [0.29, 0.717) is 31.7 Å². The van der Waals surface area contributed by atoms with E-state index in [-0.39, 0.29) is 11.9 Å². The molecule has 1 amide bonds. The average Bonchev–Trinajstić information content (AvgIpc) is 2.38. The number of likely N-dealkylation sites (tertiary alicyclic amines) is 1. The van der Waals surface area contributed by atoms with Gasteiger partial charge in [-0.1, -0.05) is 0 Å². The number of nitrogens with one attached hydrogen (secondary N) is 1. The molecule has 0 aliphatic carbocycles. The minimum absolute atomic E-state index is 0.0802. The Hall–Kier alpha value is -0.650. The Morgan fingerprint density at radius 2 is 2.28 bits per heavy atom. The Morgan fingerprint density at radius 3 is 2.89 bits per heavy atom. The molecule has 1 aliphatic rings. The summed E-state index contributed by atoms with van der Waals surface area (Å²) >= 11 is 0. The molecule has 18 heavy (non-hydrogen) atoms. The molecular weight excluding hydrogens is 230 g/mol. The third-order valence-electron chi connectivity index (χ3n) is 3.84. The van der Waals surface area contributed by atoms with E-state index in [1.165, 1.54) is 6.42 Å². The van der Waals surface area contributed by atoms with Crippen LogP contribution in [0.5, 0.6) is 0 Å². The van der Waals surface area contributed by atoms with Crippen molar-refractivity contribution < 1.29 is 9.53 Å². The number of methoxy groups -OCH3 is 1. The highest BCUT2D eigenvalue weighted by Gasteiger charge is 2.31. The van der Waals surface area contributed by atoms with Crippen LogP contribution in [-0.2, 0) is 9.53 Å². The fraction of sp³-hybridized carbons (Fsp3) is 0.923. The van der Waals surface area contributed by atoms with Gasteiger partial charge in [-0.2, -0.15) is 0 Å². The predicted octanol–water partition coefficient (Wildman–Crippen LogP) is 0.197. The van der Waals surface area contributed by atoms with Gasteiger partial charge in [0, 0.05) is 26.2 Å². The average molecular weight is 257 g/mol. The molecule has 5 nitrogen and oxygen atoms in total. The van der Waals surface area contributed by atoms with Gasteiger partial charge in [0.05, 0.1) is 12.6 Å². The molecule has 0 aromatic heterocycles. The van der Waals surface area contributed by atoms with Gasteiger partial charge < -0.3 is 15.8 Å². The van der Waals surface area contributed by atoms with Gasteiger partial charge >= 0.3 is 0 Å². The third kappa shape index (κ3) is 4.23. The second-order valence-corrected chi connectivity index (χ2v) is 5.18. The van der Waals surface area contributed by atoms with Crippen molar-refractivity contribution in [2.75, 3.05) is 33.4 Å². The van der Waals surface area contributed by atoms with Crippen LogP contribution in [0.25, 0.3) is 0 Å². The predicted molar refractivity (Wildman–Crippen MR) is 72.3 cm³/mol. The number of carbonyl (C=O) groups excluding carboxylic acids is 1. The Kier molecular flexibility index (Phi) is 6.60. The molecule has 0 aromatic rings. The summed E-state index contributed by atoms with van der Waals surface area (Å²) in [5.41, 5.74) is 5.74. The molecule has 1 heterocycles. The first kappa shape index (κ1) is 15.4. The maximum absolute atomic E-state index is 12.0. The van der Waals surface area contributed by atoms with Gasteiger partial charge in [-0.05, 0) is 39.2 Å². The maximum Gasteiger partial charge on any atom is 0.237 e. The van der Waals surface area contributed by atoms with Crippen molar-refractivity contribution in [3.05, 3.63) is 0 Å². The molecule has 106 valence electrons. The van der Waals surface area contributed by atoms with Gasteiger partial charge in [0.1, 0.15) is 0 Å². The fourth-order valence-corrected chi connectivity index (χ4v) is 2.52. The minimum atomic E-state index is -0.0915. The summed E-state index contributed by atoms with van der Waals surface area (Å²) in [5, 5.41) is 2.90. The lowest BCUT2D eigenvalue weighted by atomic mass is 9.92. The Bertz CT molecular complexity index is 261. The molecule has 0 bridgehead atoms. The molecule has 3 N–H and O–H groups in total. The second kappa shape index (κ2) is 7.71. The van der Waals surface area contributed by atoms with E-state index in [4.69, 9.17) is 10.5 Å². The number of amides is 1. The van der Waals surface area contributed by atoms with Crippen LogP contribution in [0.1, 0.15) is 26.7 Å². The molecule has 1 rings (SSSR count). The summed E-state index contributed by atoms with van der Waals surface area (Å²) in [6.45, 7) is 6.92. The van der Waals surface area contributed by atoms with Crippen LogP contribution in [0.4, 0.5) is 0 Å². The number of carbonyl (C=O) groups is 1. The molecule has 0 saturated carbocycles. The van der Waals surface area contributed by atoms with E-state index in [2.05, 4.69) is 17.1 Å². The normalized spacial score (nSPS) is 26.9. The van der Waals surface area contributed by atoms with Gasteiger partial charge in [-0.3, -0.25) is 9.69 Å². The van der Waals surface area contributed by atoms with Gasteiger partial charge in [-0.15, -0.1) is 0 Å². The lowest BCUT2D eigenvalue weighted by Crippen LogP contribution is -2.53. The van der Waals surface area contributed by atoms with Crippen molar-refractivity contribution in [3.8, 4) is 0 Å². The topological polar surface area (TPSA) is 67.6 Å². The molecule has 0 aromatic carbocycles. The number of piperidine rings is 1. The van der Waals surface area contributed by atoms with E-state index in [9.17, 15) is 4.79 Å². The van der Waals surface area contributed by atoms with Crippen LogP contribution in [0, 0.1) is 5.92 Å². The van der Waals surface area contributed by atoms with Crippen molar-refractivity contribution in [1.29, 1.82) is 0 Å². The lowest BCUT2D eigenvalue weighted by Gasteiger charge is -2.40. The summed E-state index contributed by atoms with van der Waals surface area (Å²) < 4.78 is 4.93. The first-order chi connectivity index (χ1) is 8.60.